The highest BCUT2D eigenvalue weighted by atomic mass is 79.9. The van der Waals surface area contributed by atoms with E-state index in [1.54, 1.807) is 23.5 Å². The average Bonchev–Trinajstić information content (AvgIpc) is 2.96. The van der Waals surface area contributed by atoms with E-state index in [0.29, 0.717) is 17.9 Å². The van der Waals surface area contributed by atoms with Gasteiger partial charge in [0.1, 0.15) is 5.82 Å². The van der Waals surface area contributed by atoms with E-state index in [2.05, 4.69) is 21.2 Å². The molecule has 0 radical (unpaired) electrons. The maximum absolute atomic E-state index is 13.7. The summed E-state index contributed by atoms with van der Waals surface area (Å²) in [5, 5.41) is 4.66. The minimum atomic E-state index is -0.247. The molecule has 6 heteroatoms. The maximum Gasteiger partial charge on any atom is 0.233 e. The van der Waals surface area contributed by atoms with Crippen LogP contribution in [0.1, 0.15) is 17.4 Å². The highest BCUT2D eigenvalue weighted by Crippen LogP contribution is 2.22. The third-order valence-corrected chi connectivity index (χ3v) is 5.45. The summed E-state index contributed by atoms with van der Waals surface area (Å²) in [6.45, 7) is 2.39. The molecule has 2 rings (SSSR count). The van der Waals surface area contributed by atoms with Crippen LogP contribution in [0.25, 0.3) is 0 Å². The van der Waals surface area contributed by atoms with Gasteiger partial charge in [-0.25, -0.2) is 4.39 Å². The molecule has 1 N–H and O–H groups in total. The Labute approximate surface area is 140 Å². The lowest BCUT2D eigenvalue weighted by Gasteiger charge is -2.12. The van der Waals surface area contributed by atoms with Crippen molar-refractivity contribution in [1.82, 2.24) is 5.32 Å². The fourth-order valence-electron chi connectivity index (χ4n) is 1.66. The van der Waals surface area contributed by atoms with Crippen molar-refractivity contribution in [3.8, 4) is 0 Å². The van der Waals surface area contributed by atoms with Crippen LogP contribution >= 0.6 is 39.0 Å². The Balaban J connectivity index is 1.80. The van der Waals surface area contributed by atoms with Gasteiger partial charge in [0, 0.05) is 15.1 Å². The molecule has 21 heavy (non-hydrogen) atoms. The van der Waals surface area contributed by atoms with E-state index in [1.165, 1.54) is 17.8 Å². The van der Waals surface area contributed by atoms with Gasteiger partial charge in [0.2, 0.25) is 5.91 Å². The third-order valence-electron chi connectivity index (χ3n) is 2.89. The first-order valence-electron chi connectivity index (χ1n) is 6.42. The molecule has 1 amide bonds. The second kappa shape index (κ2) is 7.96. The fourth-order valence-corrected chi connectivity index (χ4v) is 3.54. The largest absolute Gasteiger partial charge is 0.350 e. The summed E-state index contributed by atoms with van der Waals surface area (Å²) in [5.41, 5.74) is 0.612. The quantitative estimate of drug-likeness (QED) is 0.785. The average molecular weight is 388 g/mol. The number of carbonyl (C=O) groups is 1. The van der Waals surface area contributed by atoms with Gasteiger partial charge in [0.05, 0.1) is 11.8 Å². The van der Waals surface area contributed by atoms with Crippen molar-refractivity contribution >= 4 is 44.9 Å². The summed E-state index contributed by atoms with van der Waals surface area (Å²) in [5.74, 6) is 0.209. The number of benzene rings is 1. The van der Waals surface area contributed by atoms with Crippen LogP contribution in [0, 0.1) is 5.82 Å². The molecule has 1 aromatic carbocycles. The zero-order valence-electron chi connectivity index (χ0n) is 11.4. The number of halogens is 2. The Kier molecular flexibility index (Phi) is 6.26. The molecule has 112 valence electrons. The van der Waals surface area contributed by atoms with E-state index < -0.39 is 0 Å². The maximum atomic E-state index is 13.7. The first-order valence-corrected chi connectivity index (χ1v) is 9.14. The normalized spacial score (nSPS) is 12.1. The number of rotatable bonds is 6. The Bertz CT molecular complexity index is 604. The van der Waals surface area contributed by atoms with Gasteiger partial charge in [-0.3, -0.25) is 4.79 Å². The summed E-state index contributed by atoms with van der Waals surface area (Å²) in [7, 11) is 0. The molecule has 0 fully saturated rings. The number of hydrogen-bond acceptors (Lipinski definition) is 3. The van der Waals surface area contributed by atoms with Gasteiger partial charge in [-0.2, -0.15) is 0 Å². The van der Waals surface area contributed by atoms with Gasteiger partial charge in [0.15, 0.2) is 0 Å². The molecule has 0 bridgehead atoms. The summed E-state index contributed by atoms with van der Waals surface area (Å²) >= 11 is 6.27. The number of carbonyl (C=O) groups excluding carboxylic acids is 1. The standard InChI is InChI=1S/C15H15BrFNOS2/c1-10(15(19)18-8-13-3-2-6-20-13)21-9-11-4-5-12(16)7-14(11)17/h2-7,10H,8-9H2,1H3,(H,18,19). The van der Waals surface area contributed by atoms with E-state index in [9.17, 15) is 9.18 Å². The van der Waals surface area contributed by atoms with Crippen LogP contribution < -0.4 is 5.32 Å². The van der Waals surface area contributed by atoms with E-state index in [4.69, 9.17) is 0 Å². The van der Waals surface area contributed by atoms with Crippen LogP contribution in [0.5, 0.6) is 0 Å². The molecule has 0 aliphatic carbocycles. The highest BCUT2D eigenvalue weighted by molar-refractivity contribution is 9.10. The number of amides is 1. The van der Waals surface area contributed by atoms with Crippen LogP contribution in [0.2, 0.25) is 0 Å². The van der Waals surface area contributed by atoms with Crippen LogP contribution in [0.3, 0.4) is 0 Å². The van der Waals surface area contributed by atoms with Gasteiger partial charge in [0.25, 0.3) is 0 Å². The lowest BCUT2D eigenvalue weighted by atomic mass is 10.2. The first kappa shape index (κ1) is 16.5. The zero-order chi connectivity index (χ0) is 15.2. The minimum absolute atomic E-state index is 0.0223. The molecule has 2 aromatic rings. The molecular weight excluding hydrogens is 373 g/mol. The molecule has 2 nitrogen and oxygen atoms in total. The molecular formula is C15H15BrFNOS2. The molecule has 0 spiro atoms. The van der Waals surface area contributed by atoms with Gasteiger partial charge in [-0.15, -0.1) is 23.1 Å². The number of hydrogen-bond donors (Lipinski definition) is 1. The van der Waals surface area contributed by atoms with Gasteiger partial charge in [-0.1, -0.05) is 28.1 Å². The summed E-state index contributed by atoms with van der Waals surface area (Å²) in [4.78, 5) is 13.1. The summed E-state index contributed by atoms with van der Waals surface area (Å²) in [6, 6.07) is 8.93. The predicted molar refractivity (Wildman–Crippen MR) is 91.0 cm³/mol. The van der Waals surface area contributed by atoms with Crippen molar-refractivity contribution in [2.75, 3.05) is 0 Å². The Morgan fingerprint density at radius 2 is 2.29 bits per heavy atom. The number of nitrogens with one attached hydrogen (secondary N) is 1. The fraction of sp³-hybridized carbons (Fsp3) is 0.267. The van der Waals surface area contributed by atoms with Gasteiger partial charge >= 0.3 is 0 Å². The number of thioether (sulfide) groups is 1. The van der Waals surface area contributed by atoms with Crippen molar-refractivity contribution in [1.29, 1.82) is 0 Å². The van der Waals surface area contributed by atoms with Crippen LogP contribution in [-0.4, -0.2) is 11.2 Å². The van der Waals surface area contributed by atoms with Crippen molar-refractivity contribution in [3.05, 3.63) is 56.4 Å². The molecule has 1 unspecified atom stereocenters. The number of thiophene rings is 1. The molecule has 0 saturated heterocycles. The molecule has 1 aromatic heterocycles. The molecule has 0 saturated carbocycles. The predicted octanol–water partition coefficient (Wildman–Crippen LogP) is 4.59. The van der Waals surface area contributed by atoms with Gasteiger partial charge < -0.3 is 5.32 Å². The monoisotopic (exact) mass is 387 g/mol. The SMILES string of the molecule is CC(SCc1ccc(Br)cc1F)C(=O)NCc1cccs1. The molecule has 0 aliphatic rings. The van der Waals surface area contributed by atoms with Crippen LogP contribution in [0.4, 0.5) is 4.39 Å². The second-order valence-electron chi connectivity index (χ2n) is 4.49. The van der Waals surface area contributed by atoms with Crippen molar-refractivity contribution in [3.63, 3.8) is 0 Å². The summed E-state index contributed by atoms with van der Waals surface area (Å²) in [6.07, 6.45) is 0. The van der Waals surface area contributed by atoms with E-state index in [1.807, 2.05) is 24.4 Å². The zero-order valence-corrected chi connectivity index (χ0v) is 14.7. The lowest BCUT2D eigenvalue weighted by Crippen LogP contribution is -2.30. The van der Waals surface area contributed by atoms with Crippen molar-refractivity contribution in [2.24, 2.45) is 0 Å². The molecule has 0 aliphatic heterocycles. The Hall–Kier alpha value is -0.850. The molecule has 1 atom stereocenters. The Morgan fingerprint density at radius 3 is 2.95 bits per heavy atom. The second-order valence-corrected chi connectivity index (χ2v) is 7.76. The van der Waals surface area contributed by atoms with E-state index in [-0.39, 0.29) is 17.0 Å². The van der Waals surface area contributed by atoms with E-state index >= 15 is 0 Å². The topological polar surface area (TPSA) is 29.1 Å². The minimum Gasteiger partial charge on any atom is -0.350 e. The highest BCUT2D eigenvalue weighted by Gasteiger charge is 2.14. The van der Waals surface area contributed by atoms with E-state index in [0.717, 1.165) is 9.35 Å². The Morgan fingerprint density at radius 1 is 1.48 bits per heavy atom. The van der Waals surface area contributed by atoms with Gasteiger partial charge in [-0.05, 0) is 36.1 Å². The lowest BCUT2D eigenvalue weighted by molar-refractivity contribution is -0.120. The van der Waals surface area contributed by atoms with Crippen molar-refractivity contribution < 1.29 is 9.18 Å². The molecule has 1 heterocycles. The van der Waals surface area contributed by atoms with Crippen molar-refractivity contribution in [2.45, 2.75) is 24.5 Å². The smallest absolute Gasteiger partial charge is 0.233 e. The van der Waals surface area contributed by atoms with Crippen LogP contribution in [0.15, 0.2) is 40.2 Å². The summed E-state index contributed by atoms with van der Waals surface area (Å²) < 4.78 is 14.4. The first-order chi connectivity index (χ1) is 10.1. The van der Waals surface area contributed by atoms with Crippen LogP contribution in [-0.2, 0) is 17.1 Å². The third kappa shape index (κ3) is 5.13.